The lowest BCUT2D eigenvalue weighted by molar-refractivity contribution is -0.0587. The van der Waals surface area contributed by atoms with Gasteiger partial charge in [0.25, 0.3) is 0 Å². The summed E-state index contributed by atoms with van der Waals surface area (Å²) in [6.45, 7) is 3.10. The predicted molar refractivity (Wildman–Crippen MR) is 76.6 cm³/mol. The zero-order valence-corrected chi connectivity index (χ0v) is 12.4. The van der Waals surface area contributed by atoms with Crippen LogP contribution in [-0.4, -0.2) is 18.2 Å². The summed E-state index contributed by atoms with van der Waals surface area (Å²) in [5.41, 5.74) is 1.53. The van der Waals surface area contributed by atoms with Crippen LogP contribution in [0.2, 0.25) is 0 Å². The van der Waals surface area contributed by atoms with Crippen molar-refractivity contribution in [2.24, 2.45) is 0 Å². The highest BCUT2D eigenvalue weighted by molar-refractivity contribution is 9.10. The summed E-state index contributed by atoms with van der Waals surface area (Å²) in [5.74, 6) is 0. The fourth-order valence-electron chi connectivity index (χ4n) is 3.40. The summed E-state index contributed by atoms with van der Waals surface area (Å²) in [6, 6.07) is 8.83. The molecule has 2 aliphatic rings. The number of nitrogens with one attached hydrogen (secondary N) is 1. The van der Waals surface area contributed by atoms with E-state index in [4.69, 9.17) is 4.74 Å². The number of benzene rings is 1. The van der Waals surface area contributed by atoms with Crippen LogP contribution in [0.4, 0.5) is 0 Å². The van der Waals surface area contributed by atoms with Gasteiger partial charge in [0, 0.05) is 16.1 Å². The van der Waals surface area contributed by atoms with Gasteiger partial charge in [0.15, 0.2) is 0 Å². The van der Waals surface area contributed by atoms with E-state index in [0.29, 0.717) is 6.04 Å². The van der Waals surface area contributed by atoms with E-state index < -0.39 is 0 Å². The monoisotopic (exact) mass is 309 g/mol. The van der Waals surface area contributed by atoms with Crippen LogP contribution in [0.25, 0.3) is 0 Å². The number of halogens is 1. The third-order valence-corrected chi connectivity index (χ3v) is 4.76. The molecule has 98 valence electrons. The molecule has 1 heterocycles. The molecule has 1 N–H and O–H groups in total. The van der Waals surface area contributed by atoms with Crippen molar-refractivity contribution < 1.29 is 4.74 Å². The van der Waals surface area contributed by atoms with Gasteiger partial charge in [-0.2, -0.15) is 0 Å². The van der Waals surface area contributed by atoms with Crippen LogP contribution in [0.3, 0.4) is 0 Å². The molecule has 1 saturated heterocycles. The minimum absolute atomic E-state index is 0.175. The van der Waals surface area contributed by atoms with Gasteiger partial charge in [-0.1, -0.05) is 40.9 Å². The molecule has 2 unspecified atom stereocenters. The molecule has 2 atom stereocenters. The lowest BCUT2D eigenvalue weighted by Crippen LogP contribution is -2.57. The van der Waals surface area contributed by atoms with Crippen molar-refractivity contribution in [2.75, 3.05) is 6.61 Å². The minimum Gasteiger partial charge on any atom is -0.370 e. The molecule has 3 heteroatoms. The van der Waals surface area contributed by atoms with Crippen molar-refractivity contribution >= 4 is 15.9 Å². The fraction of sp³-hybridized carbons (Fsp3) is 0.600. The smallest absolute Gasteiger partial charge is 0.0976 e. The highest BCUT2D eigenvalue weighted by Gasteiger charge is 2.41. The van der Waals surface area contributed by atoms with Gasteiger partial charge in [0.05, 0.1) is 12.7 Å². The second-order valence-electron chi connectivity index (χ2n) is 5.71. The Hall–Kier alpha value is -0.380. The fourth-order valence-corrected chi connectivity index (χ4v) is 3.82. The number of rotatable bonds is 1. The van der Waals surface area contributed by atoms with Gasteiger partial charge in [-0.25, -0.2) is 0 Å². The van der Waals surface area contributed by atoms with E-state index in [9.17, 15) is 0 Å². The second kappa shape index (κ2) is 4.95. The molecule has 0 amide bonds. The van der Waals surface area contributed by atoms with E-state index in [1.54, 1.807) is 0 Å². The lowest BCUT2D eigenvalue weighted by atomic mass is 9.91. The Balaban J connectivity index is 1.76. The summed E-state index contributed by atoms with van der Waals surface area (Å²) in [5, 5.41) is 3.82. The van der Waals surface area contributed by atoms with E-state index in [1.165, 1.54) is 31.2 Å². The summed E-state index contributed by atoms with van der Waals surface area (Å²) in [7, 11) is 0. The molecule has 18 heavy (non-hydrogen) atoms. The van der Waals surface area contributed by atoms with Crippen molar-refractivity contribution in [1.29, 1.82) is 0 Å². The number of hydrogen-bond acceptors (Lipinski definition) is 2. The molecular formula is C15H20BrNO. The zero-order valence-electron chi connectivity index (χ0n) is 10.8. The van der Waals surface area contributed by atoms with Crippen LogP contribution >= 0.6 is 15.9 Å². The minimum atomic E-state index is 0.175. The van der Waals surface area contributed by atoms with Crippen molar-refractivity contribution in [3.63, 3.8) is 0 Å². The average molecular weight is 310 g/mol. The Morgan fingerprint density at radius 2 is 2.11 bits per heavy atom. The highest BCUT2D eigenvalue weighted by Crippen LogP contribution is 2.37. The first-order valence-electron chi connectivity index (χ1n) is 6.83. The second-order valence-corrected chi connectivity index (χ2v) is 6.62. The Labute approximate surface area is 117 Å². The maximum atomic E-state index is 6.19. The van der Waals surface area contributed by atoms with E-state index in [0.717, 1.165) is 11.1 Å². The van der Waals surface area contributed by atoms with Crippen LogP contribution in [0.15, 0.2) is 28.7 Å². The van der Waals surface area contributed by atoms with Crippen LogP contribution in [0, 0.1) is 0 Å². The number of ether oxygens (including phenoxy) is 1. The summed E-state index contributed by atoms with van der Waals surface area (Å²) in [6.07, 6.45) is 5.38. The quantitative estimate of drug-likeness (QED) is 0.851. The molecule has 0 bridgehead atoms. The van der Waals surface area contributed by atoms with E-state index in [2.05, 4.69) is 52.4 Å². The van der Waals surface area contributed by atoms with Gasteiger partial charge in [-0.3, -0.25) is 0 Å². The number of hydrogen-bond donors (Lipinski definition) is 1. The Bertz CT molecular complexity index is 428. The van der Waals surface area contributed by atoms with E-state index in [1.807, 2.05) is 0 Å². The average Bonchev–Trinajstić information content (AvgIpc) is 2.77. The normalized spacial score (nSPS) is 30.8. The molecule has 3 rings (SSSR count). The van der Waals surface area contributed by atoms with Crippen LogP contribution < -0.4 is 5.32 Å². The Morgan fingerprint density at radius 1 is 1.33 bits per heavy atom. The molecule has 1 aromatic rings. The Kier molecular flexibility index (Phi) is 3.48. The molecule has 1 aliphatic carbocycles. The maximum Gasteiger partial charge on any atom is 0.0976 e. The topological polar surface area (TPSA) is 21.3 Å². The maximum absolute atomic E-state index is 6.19. The van der Waals surface area contributed by atoms with Gasteiger partial charge < -0.3 is 10.1 Å². The highest BCUT2D eigenvalue weighted by atomic mass is 79.9. The van der Waals surface area contributed by atoms with Crippen molar-refractivity contribution in [3.05, 3.63) is 34.3 Å². The van der Waals surface area contributed by atoms with Gasteiger partial charge in [0.1, 0.15) is 0 Å². The standard InChI is InChI=1S/C15H20BrNO/c1-11-14(12-5-4-6-13(16)9-12)18-10-15(17-11)7-2-3-8-15/h4-6,9,11,14,17H,2-3,7-8,10H2,1H3. The van der Waals surface area contributed by atoms with Crippen LogP contribution in [0.5, 0.6) is 0 Å². The molecular weight excluding hydrogens is 290 g/mol. The first-order chi connectivity index (χ1) is 8.69. The predicted octanol–water partition coefficient (Wildman–Crippen LogP) is 3.81. The van der Waals surface area contributed by atoms with Gasteiger partial charge in [-0.05, 0) is 37.5 Å². The van der Waals surface area contributed by atoms with Crippen LogP contribution in [-0.2, 0) is 4.74 Å². The van der Waals surface area contributed by atoms with E-state index in [-0.39, 0.29) is 11.6 Å². The molecule has 2 fully saturated rings. The molecule has 1 spiro atoms. The first kappa shape index (κ1) is 12.6. The van der Waals surface area contributed by atoms with Gasteiger partial charge in [-0.15, -0.1) is 0 Å². The molecule has 1 saturated carbocycles. The molecule has 2 nitrogen and oxygen atoms in total. The van der Waals surface area contributed by atoms with E-state index >= 15 is 0 Å². The van der Waals surface area contributed by atoms with Crippen LogP contribution in [0.1, 0.15) is 44.3 Å². The molecule has 1 aromatic carbocycles. The van der Waals surface area contributed by atoms with Crippen molar-refractivity contribution in [2.45, 2.75) is 50.3 Å². The number of morpholine rings is 1. The summed E-state index contributed by atoms with van der Waals surface area (Å²) < 4.78 is 7.31. The molecule has 0 radical (unpaired) electrons. The third kappa shape index (κ3) is 2.36. The van der Waals surface area contributed by atoms with Gasteiger partial charge >= 0.3 is 0 Å². The zero-order chi connectivity index (χ0) is 12.6. The first-order valence-corrected chi connectivity index (χ1v) is 7.63. The SMILES string of the molecule is CC1NC2(CCCC2)COC1c1cccc(Br)c1. The Morgan fingerprint density at radius 3 is 2.78 bits per heavy atom. The largest absolute Gasteiger partial charge is 0.370 e. The molecule has 1 aliphatic heterocycles. The van der Waals surface area contributed by atoms with Crippen molar-refractivity contribution in [1.82, 2.24) is 5.32 Å². The molecule has 0 aromatic heterocycles. The lowest BCUT2D eigenvalue weighted by Gasteiger charge is -2.43. The van der Waals surface area contributed by atoms with Gasteiger partial charge in [0.2, 0.25) is 0 Å². The third-order valence-electron chi connectivity index (χ3n) is 4.27. The van der Waals surface area contributed by atoms with Crippen molar-refractivity contribution in [3.8, 4) is 0 Å². The summed E-state index contributed by atoms with van der Waals surface area (Å²) in [4.78, 5) is 0. The summed E-state index contributed by atoms with van der Waals surface area (Å²) >= 11 is 3.53.